The molecule has 21 heavy (non-hydrogen) atoms. The molecule has 2 aromatic rings. The van der Waals surface area contributed by atoms with Crippen molar-refractivity contribution in [1.29, 1.82) is 0 Å². The van der Waals surface area contributed by atoms with Crippen LogP contribution in [0.4, 0.5) is 0 Å². The quantitative estimate of drug-likeness (QED) is 0.744. The molecule has 1 aliphatic heterocycles. The lowest BCUT2D eigenvalue weighted by Crippen LogP contribution is -2.05. The van der Waals surface area contributed by atoms with Crippen LogP contribution >= 0.6 is 27.5 Å². The van der Waals surface area contributed by atoms with Gasteiger partial charge in [0.15, 0.2) is 5.82 Å². The average Bonchev–Trinajstić information content (AvgIpc) is 2.81. The van der Waals surface area contributed by atoms with Gasteiger partial charge in [-0.3, -0.25) is 0 Å². The monoisotopic (exact) mass is 368 g/mol. The summed E-state index contributed by atoms with van der Waals surface area (Å²) in [5.41, 5.74) is 2.70. The minimum Gasteiger partial charge on any atom is -0.496 e. The summed E-state index contributed by atoms with van der Waals surface area (Å²) in [7, 11) is 1.64. The van der Waals surface area contributed by atoms with Gasteiger partial charge < -0.3 is 9.47 Å². The van der Waals surface area contributed by atoms with E-state index in [1.165, 1.54) is 0 Å². The highest BCUT2D eigenvalue weighted by atomic mass is 79.9. The lowest BCUT2D eigenvalue weighted by Gasteiger charge is -2.11. The van der Waals surface area contributed by atoms with E-state index in [4.69, 9.17) is 21.1 Å². The molecule has 0 amide bonds. The summed E-state index contributed by atoms with van der Waals surface area (Å²) in [4.78, 5) is 8.81. The number of hydrogen-bond donors (Lipinski definition) is 0. The molecule has 1 aromatic carbocycles. The van der Waals surface area contributed by atoms with Gasteiger partial charge in [0.1, 0.15) is 22.8 Å². The van der Waals surface area contributed by atoms with Crippen LogP contribution in [0.2, 0.25) is 5.15 Å². The van der Waals surface area contributed by atoms with Crippen molar-refractivity contribution in [2.24, 2.45) is 0 Å². The standard InChI is InChI=1S/C15H14BrClN2O2/c1-7-4-9-5-12(20-3)10(6-11(9)21-7)15-18-8(2)13(16)14(17)19-15/h5-7H,4H2,1-3H3. The summed E-state index contributed by atoms with van der Waals surface area (Å²) in [5, 5.41) is 0.384. The first kappa shape index (κ1) is 14.6. The van der Waals surface area contributed by atoms with Crippen LogP contribution in [0.15, 0.2) is 16.6 Å². The van der Waals surface area contributed by atoms with Crippen LogP contribution in [-0.2, 0) is 6.42 Å². The average molecular weight is 370 g/mol. The smallest absolute Gasteiger partial charge is 0.165 e. The number of benzene rings is 1. The van der Waals surface area contributed by atoms with Crippen molar-refractivity contribution in [3.05, 3.63) is 33.0 Å². The van der Waals surface area contributed by atoms with E-state index in [1.807, 2.05) is 26.0 Å². The molecule has 2 heterocycles. The predicted molar refractivity (Wildman–Crippen MR) is 85.3 cm³/mol. The highest BCUT2D eigenvalue weighted by Crippen LogP contribution is 2.39. The Kier molecular flexibility index (Phi) is 3.80. The van der Waals surface area contributed by atoms with Gasteiger partial charge in [-0.05, 0) is 41.9 Å². The third kappa shape index (κ3) is 2.60. The minimum absolute atomic E-state index is 0.177. The molecule has 0 N–H and O–H groups in total. The highest BCUT2D eigenvalue weighted by Gasteiger charge is 2.23. The number of aryl methyl sites for hydroxylation is 1. The van der Waals surface area contributed by atoms with Gasteiger partial charge in [0.05, 0.1) is 22.8 Å². The number of halogens is 2. The zero-order valence-corrected chi connectivity index (χ0v) is 14.2. The van der Waals surface area contributed by atoms with Crippen LogP contribution in [0.25, 0.3) is 11.4 Å². The molecule has 0 spiro atoms. The maximum Gasteiger partial charge on any atom is 0.165 e. The lowest BCUT2D eigenvalue weighted by atomic mass is 10.1. The molecule has 1 aromatic heterocycles. The first-order valence-electron chi connectivity index (χ1n) is 6.57. The van der Waals surface area contributed by atoms with E-state index in [0.29, 0.717) is 15.5 Å². The fourth-order valence-electron chi connectivity index (χ4n) is 2.43. The molecule has 1 unspecified atom stereocenters. The summed E-state index contributed by atoms with van der Waals surface area (Å²) in [6.07, 6.45) is 1.06. The molecule has 4 nitrogen and oxygen atoms in total. The van der Waals surface area contributed by atoms with Gasteiger partial charge in [0, 0.05) is 12.0 Å². The maximum atomic E-state index is 6.13. The summed E-state index contributed by atoms with van der Waals surface area (Å²) in [5.74, 6) is 2.12. The lowest BCUT2D eigenvalue weighted by molar-refractivity contribution is 0.254. The van der Waals surface area contributed by atoms with Gasteiger partial charge in [-0.15, -0.1) is 0 Å². The molecule has 0 aliphatic carbocycles. The fourth-order valence-corrected chi connectivity index (χ4v) is 2.82. The second-order valence-electron chi connectivity index (χ2n) is 5.03. The predicted octanol–water partition coefficient (Wildman–Crippen LogP) is 4.20. The molecule has 0 radical (unpaired) electrons. The number of ether oxygens (including phenoxy) is 2. The second-order valence-corrected chi connectivity index (χ2v) is 6.18. The Morgan fingerprint density at radius 2 is 2.14 bits per heavy atom. The Balaban J connectivity index is 2.16. The van der Waals surface area contributed by atoms with Crippen LogP contribution < -0.4 is 9.47 Å². The van der Waals surface area contributed by atoms with Gasteiger partial charge in [0.25, 0.3) is 0 Å². The number of hydrogen-bond acceptors (Lipinski definition) is 4. The largest absolute Gasteiger partial charge is 0.496 e. The summed E-state index contributed by atoms with van der Waals surface area (Å²) >= 11 is 9.50. The molecule has 0 fully saturated rings. The Morgan fingerprint density at radius 3 is 2.81 bits per heavy atom. The molecule has 0 bridgehead atoms. The number of rotatable bonds is 2. The van der Waals surface area contributed by atoms with Crippen molar-refractivity contribution >= 4 is 27.5 Å². The molecule has 0 saturated heterocycles. The van der Waals surface area contributed by atoms with Gasteiger partial charge in [-0.25, -0.2) is 9.97 Å². The van der Waals surface area contributed by atoms with Crippen molar-refractivity contribution in [2.75, 3.05) is 7.11 Å². The second kappa shape index (κ2) is 5.46. The van der Waals surface area contributed by atoms with Crippen molar-refractivity contribution in [2.45, 2.75) is 26.4 Å². The third-order valence-corrected chi connectivity index (χ3v) is 4.89. The van der Waals surface area contributed by atoms with E-state index >= 15 is 0 Å². The van der Waals surface area contributed by atoms with Crippen LogP contribution in [0, 0.1) is 6.92 Å². The molecule has 1 atom stereocenters. The number of aromatic nitrogens is 2. The Labute approximate surface area is 136 Å². The first-order valence-corrected chi connectivity index (χ1v) is 7.74. The van der Waals surface area contributed by atoms with E-state index in [1.54, 1.807) is 7.11 Å². The highest BCUT2D eigenvalue weighted by molar-refractivity contribution is 9.10. The van der Waals surface area contributed by atoms with Gasteiger partial charge in [-0.2, -0.15) is 0 Å². The van der Waals surface area contributed by atoms with Crippen molar-refractivity contribution in [3.8, 4) is 22.9 Å². The van der Waals surface area contributed by atoms with E-state index in [0.717, 1.165) is 34.7 Å². The van der Waals surface area contributed by atoms with Gasteiger partial charge >= 0.3 is 0 Å². The van der Waals surface area contributed by atoms with Crippen LogP contribution in [0.1, 0.15) is 18.2 Å². The van der Waals surface area contributed by atoms with Crippen molar-refractivity contribution in [3.63, 3.8) is 0 Å². The number of methoxy groups -OCH3 is 1. The first-order chi connectivity index (χ1) is 9.99. The zero-order valence-electron chi connectivity index (χ0n) is 11.9. The van der Waals surface area contributed by atoms with Crippen molar-refractivity contribution < 1.29 is 9.47 Å². The zero-order chi connectivity index (χ0) is 15.1. The molecule has 0 saturated carbocycles. The van der Waals surface area contributed by atoms with Crippen molar-refractivity contribution in [1.82, 2.24) is 9.97 Å². The number of fused-ring (bicyclic) bond motifs is 1. The van der Waals surface area contributed by atoms with E-state index < -0.39 is 0 Å². The van der Waals surface area contributed by atoms with E-state index in [-0.39, 0.29) is 6.10 Å². The SMILES string of the molecule is COc1cc2c(cc1-c1nc(C)c(Br)c(Cl)n1)OC(C)C2. The molecule has 6 heteroatoms. The molecule has 1 aliphatic rings. The molecule has 3 rings (SSSR count). The van der Waals surface area contributed by atoms with Gasteiger partial charge in [0.2, 0.25) is 0 Å². The van der Waals surface area contributed by atoms with Gasteiger partial charge in [-0.1, -0.05) is 11.6 Å². The normalized spacial score (nSPS) is 16.5. The maximum absolute atomic E-state index is 6.13. The Hall–Kier alpha value is -1.33. The fraction of sp³-hybridized carbons (Fsp3) is 0.333. The molecule has 110 valence electrons. The van der Waals surface area contributed by atoms with Crippen LogP contribution in [0.3, 0.4) is 0 Å². The van der Waals surface area contributed by atoms with E-state index in [9.17, 15) is 0 Å². The Bertz CT molecular complexity index is 698. The Morgan fingerprint density at radius 1 is 1.38 bits per heavy atom. The molecular formula is C15H14BrClN2O2. The summed E-state index contributed by atoms with van der Waals surface area (Å²) < 4.78 is 12.0. The van der Waals surface area contributed by atoms with Crippen LogP contribution in [0.5, 0.6) is 11.5 Å². The minimum atomic E-state index is 0.177. The summed E-state index contributed by atoms with van der Waals surface area (Å²) in [6.45, 7) is 3.92. The van der Waals surface area contributed by atoms with Crippen LogP contribution in [-0.4, -0.2) is 23.2 Å². The summed E-state index contributed by atoms with van der Waals surface area (Å²) in [6, 6.07) is 3.92. The molecular weight excluding hydrogens is 356 g/mol. The van der Waals surface area contributed by atoms with E-state index in [2.05, 4.69) is 25.9 Å². The topological polar surface area (TPSA) is 44.2 Å². The third-order valence-electron chi connectivity index (χ3n) is 3.44. The number of nitrogens with zero attached hydrogens (tertiary/aromatic N) is 2.